The Bertz CT molecular complexity index is 115. The molecule has 0 atom stereocenters. The molecule has 2 heteroatoms. The van der Waals surface area contributed by atoms with Gasteiger partial charge in [0.1, 0.15) is 0 Å². The molecule has 0 amide bonds. The number of rotatable bonds is 2. The summed E-state index contributed by atoms with van der Waals surface area (Å²) in [7, 11) is 4.22. The Kier molecular flexibility index (Phi) is 2.90. The Balaban J connectivity index is 2.57. The van der Waals surface area contributed by atoms with Gasteiger partial charge in [-0.25, -0.2) is 0 Å². The molecule has 1 saturated carbocycles. The second-order valence-electron chi connectivity index (χ2n) is 3.86. The topological polar surface area (TPSA) is 27.0 Å². The third-order valence-corrected chi connectivity index (χ3v) is 3.06. The number of nitrogens with one attached hydrogen (secondary N) is 1. The van der Waals surface area contributed by atoms with Gasteiger partial charge >= 0.3 is 0 Å². The minimum Gasteiger partial charge on any atom is -0.302 e. The van der Waals surface area contributed by atoms with E-state index in [9.17, 15) is 0 Å². The van der Waals surface area contributed by atoms with E-state index in [4.69, 9.17) is 5.73 Å². The molecule has 0 saturated heterocycles. The van der Waals surface area contributed by atoms with Crippen LogP contribution in [0.2, 0.25) is 0 Å². The summed E-state index contributed by atoms with van der Waals surface area (Å²) in [5.74, 6) is 0. The van der Waals surface area contributed by atoms with Gasteiger partial charge in [-0.05, 0) is 26.9 Å². The minimum absolute atomic E-state index is 0.220. The van der Waals surface area contributed by atoms with Gasteiger partial charge in [0, 0.05) is 12.1 Å². The van der Waals surface area contributed by atoms with Crippen molar-refractivity contribution < 1.29 is 0 Å². The first-order valence-electron chi connectivity index (χ1n) is 4.53. The van der Waals surface area contributed by atoms with Crippen LogP contribution in [0.4, 0.5) is 0 Å². The molecule has 0 spiro atoms. The molecule has 0 aliphatic heterocycles. The van der Waals surface area contributed by atoms with Crippen molar-refractivity contribution >= 4 is 0 Å². The normalized spacial score (nSPS) is 24.0. The van der Waals surface area contributed by atoms with Gasteiger partial charge < -0.3 is 4.90 Å². The van der Waals surface area contributed by atoms with Gasteiger partial charge in [0.15, 0.2) is 0 Å². The second kappa shape index (κ2) is 3.55. The molecule has 1 rings (SSSR count). The van der Waals surface area contributed by atoms with Gasteiger partial charge in [-0.3, -0.25) is 5.73 Å². The van der Waals surface area contributed by atoms with Crippen LogP contribution in [-0.4, -0.2) is 31.1 Å². The molecule has 0 bridgehead atoms. The van der Waals surface area contributed by atoms with Gasteiger partial charge in [0.05, 0.1) is 0 Å². The van der Waals surface area contributed by atoms with E-state index in [0.717, 1.165) is 0 Å². The largest absolute Gasteiger partial charge is 0.302 e. The molecule has 1 aliphatic rings. The zero-order valence-electron chi connectivity index (χ0n) is 7.69. The fraction of sp³-hybridized carbons (Fsp3) is 1.00. The maximum Gasteiger partial charge on any atom is 0.0341 e. The van der Waals surface area contributed by atoms with Crippen LogP contribution in [0.3, 0.4) is 0 Å². The summed E-state index contributed by atoms with van der Waals surface area (Å²) in [6, 6.07) is 0. The Morgan fingerprint density at radius 1 is 1.18 bits per heavy atom. The van der Waals surface area contributed by atoms with Crippen LogP contribution < -0.4 is 5.73 Å². The highest BCUT2D eigenvalue weighted by molar-refractivity contribution is 4.91. The average Bonchev–Trinajstić information content (AvgIpc) is 2.05. The van der Waals surface area contributed by atoms with E-state index in [0.29, 0.717) is 6.54 Å². The number of hydrogen-bond donors (Lipinski definition) is 0. The Labute approximate surface area is 69.8 Å². The first kappa shape index (κ1) is 9.01. The summed E-state index contributed by atoms with van der Waals surface area (Å²) in [4.78, 5) is 2.25. The highest BCUT2D eigenvalue weighted by Gasteiger charge is 2.32. The summed E-state index contributed by atoms with van der Waals surface area (Å²) in [5.41, 5.74) is 7.75. The first-order chi connectivity index (χ1) is 5.21. The molecular weight excluding hydrogens is 136 g/mol. The highest BCUT2D eigenvalue weighted by atomic mass is 15.2. The van der Waals surface area contributed by atoms with E-state index < -0.39 is 0 Å². The smallest absolute Gasteiger partial charge is 0.0341 e. The minimum atomic E-state index is 0.220. The molecule has 65 valence electrons. The summed E-state index contributed by atoms with van der Waals surface area (Å²) in [6.07, 6.45) is 6.46. The van der Waals surface area contributed by atoms with Crippen LogP contribution in [-0.2, 0) is 0 Å². The third kappa shape index (κ3) is 1.74. The van der Waals surface area contributed by atoms with Crippen molar-refractivity contribution in [3.8, 4) is 0 Å². The van der Waals surface area contributed by atoms with Gasteiger partial charge in [-0.15, -0.1) is 0 Å². The molecule has 1 fully saturated rings. The van der Waals surface area contributed by atoms with Crippen molar-refractivity contribution in [3.05, 3.63) is 0 Å². The standard InChI is InChI=1S/C9H19N2/c1-11(2)9(8-10)6-4-3-5-7-9/h10H,3-8H2,1-2H3. The highest BCUT2D eigenvalue weighted by Crippen LogP contribution is 2.31. The lowest BCUT2D eigenvalue weighted by Gasteiger charge is -2.41. The summed E-state index contributed by atoms with van der Waals surface area (Å²) in [6.45, 7) is 0.569. The van der Waals surface area contributed by atoms with Crippen LogP contribution in [0.25, 0.3) is 0 Å². The molecular formula is C9H19N2. The van der Waals surface area contributed by atoms with Crippen molar-refractivity contribution in [1.82, 2.24) is 10.6 Å². The second-order valence-corrected chi connectivity index (χ2v) is 3.86. The molecule has 0 unspecified atom stereocenters. The van der Waals surface area contributed by atoms with Crippen LogP contribution in [0.15, 0.2) is 0 Å². The van der Waals surface area contributed by atoms with Crippen LogP contribution in [0.5, 0.6) is 0 Å². The van der Waals surface area contributed by atoms with Crippen LogP contribution >= 0.6 is 0 Å². The molecule has 11 heavy (non-hydrogen) atoms. The van der Waals surface area contributed by atoms with Crippen molar-refractivity contribution in [1.29, 1.82) is 0 Å². The van der Waals surface area contributed by atoms with E-state index >= 15 is 0 Å². The predicted octanol–water partition coefficient (Wildman–Crippen LogP) is 1.53. The zero-order valence-corrected chi connectivity index (χ0v) is 7.69. The van der Waals surface area contributed by atoms with E-state index in [-0.39, 0.29) is 5.54 Å². The number of likely N-dealkylation sites (N-methyl/N-ethyl adjacent to an activating group) is 1. The lowest BCUT2D eigenvalue weighted by atomic mass is 9.81. The maximum atomic E-state index is 7.53. The van der Waals surface area contributed by atoms with Crippen molar-refractivity contribution in [2.24, 2.45) is 0 Å². The van der Waals surface area contributed by atoms with Gasteiger partial charge in [0.25, 0.3) is 0 Å². The van der Waals surface area contributed by atoms with Crippen molar-refractivity contribution in [2.75, 3.05) is 20.6 Å². The molecule has 2 nitrogen and oxygen atoms in total. The molecule has 0 aromatic carbocycles. The Morgan fingerprint density at radius 2 is 1.73 bits per heavy atom. The zero-order chi connectivity index (χ0) is 8.32. The molecule has 1 N–H and O–H groups in total. The van der Waals surface area contributed by atoms with Gasteiger partial charge in [-0.1, -0.05) is 19.3 Å². The van der Waals surface area contributed by atoms with Crippen molar-refractivity contribution in [3.63, 3.8) is 0 Å². The summed E-state index contributed by atoms with van der Waals surface area (Å²) < 4.78 is 0. The number of hydrogen-bond acceptors (Lipinski definition) is 1. The van der Waals surface area contributed by atoms with E-state index in [1.807, 2.05) is 0 Å². The Hall–Kier alpha value is -0.0800. The SMILES string of the molecule is CN(C)C1(C[NH])CCCCC1. The first-order valence-corrected chi connectivity index (χ1v) is 4.53. The summed E-state index contributed by atoms with van der Waals surface area (Å²) >= 11 is 0. The maximum absolute atomic E-state index is 7.53. The molecule has 1 radical (unpaired) electrons. The van der Waals surface area contributed by atoms with Crippen LogP contribution in [0, 0.1) is 0 Å². The third-order valence-electron chi connectivity index (χ3n) is 3.06. The van der Waals surface area contributed by atoms with Gasteiger partial charge in [-0.2, -0.15) is 0 Å². The van der Waals surface area contributed by atoms with E-state index in [1.54, 1.807) is 0 Å². The lowest BCUT2D eigenvalue weighted by Crippen LogP contribution is -2.49. The molecule has 1 aliphatic carbocycles. The average molecular weight is 155 g/mol. The van der Waals surface area contributed by atoms with E-state index in [2.05, 4.69) is 19.0 Å². The quantitative estimate of drug-likeness (QED) is 0.594. The van der Waals surface area contributed by atoms with Crippen LogP contribution in [0.1, 0.15) is 32.1 Å². The fourth-order valence-electron chi connectivity index (χ4n) is 1.99. The van der Waals surface area contributed by atoms with Crippen molar-refractivity contribution in [2.45, 2.75) is 37.6 Å². The molecule has 0 aromatic rings. The summed E-state index contributed by atoms with van der Waals surface area (Å²) in [5, 5.41) is 0. The predicted molar refractivity (Wildman–Crippen MR) is 47.5 cm³/mol. The lowest BCUT2D eigenvalue weighted by molar-refractivity contribution is 0.107. The fourth-order valence-corrected chi connectivity index (χ4v) is 1.99. The molecule has 0 aromatic heterocycles. The monoisotopic (exact) mass is 155 g/mol. The molecule has 0 heterocycles. The van der Waals surface area contributed by atoms with Gasteiger partial charge in [0.2, 0.25) is 0 Å². The Morgan fingerprint density at radius 3 is 2.00 bits per heavy atom. The van der Waals surface area contributed by atoms with E-state index in [1.165, 1.54) is 32.1 Å². The number of nitrogens with zero attached hydrogens (tertiary/aromatic N) is 1.